The second-order valence-electron chi connectivity index (χ2n) is 4.81. The maximum absolute atomic E-state index is 12.3. The van der Waals surface area contributed by atoms with Crippen LogP contribution < -0.4 is 10.5 Å². The van der Waals surface area contributed by atoms with Crippen molar-refractivity contribution in [3.8, 4) is 0 Å². The van der Waals surface area contributed by atoms with E-state index in [4.69, 9.17) is 10.5 Å². The van der Waals surface area contributed by atoms with Crippen molar-refractivity contribution in [1.82, 2.24) is 4.72 Å². The topological polar surface area (TPSA) is 81.4 Å². The van der Waals surface area contributed by atoms with Crippen molar-refractivity contribution in [3.05, 3.63) is 28.2 Å². The number of hydrogen-bond donors (Lipinski definition) is 2. The van der Waals surface area contributed by atoms with E-state index < -0.39 is 10.0 Å². The number of hydrogen-bond acceptors (Lipinski definition) is 4. The highest BCUT2D eigenvalue weighted by Gasteiger charge is 2.21. The summed E-state index contributed by atoms with van der Waals surface area (Å²) in [4.78, 5) is 0.219. The van der Waals surface area contributed by atoms with E-state index in [-0.39, 0.29) is 11.0 Å². The second-order valence-corrected chi connectivity index (χ2v) is 7.40. The summed E-state index contributed by atoms with van der Waals surface area (Å²) in [6.45, 7) is 1.32. The lowest BCUT2D eigenvalue weighted by atomic mass is 10.1. The molecule has 1 aliphatic rings. The highest BCUT2D eigenvalue weighted by Crippen LogP contribution is 2.23. The number of nitrogens with one attached hydrogen (secondary N) is 1. The first-order chi connectivity index (χ1) is 9.53. The number of benzene rings is 1. The Morgan fingerprint density at radius 1 is 1.40 bits per heavy atom. The Hall–Kier alpha value is -0.470. The molecule has 5 nitrogen and oxygen atoms in total. The van der Waals surface area contributed by atoms with Gasteiger partial charge in [0, 0.05) is 24.2 Å². The van der Waals surface area contributed by atoms with E-state index in [2.05, 4.69) is 20.7 Å². The highest BCUT2D eigenvalue weighted by molar-refractivity contribution is 9.10. The van der Waals surface area contributed by atoms with Crippen molar-refractivity contribution in [2.45, 2.75) is 36.8 Å². The van der Waals surface area contributed by atoms with Crippen molar-refractivity contribution in [3.63, 3.8) is 0 Å². The molecule has 112 valence electrons. The zero-order chi connectivity index (χ0) is 14.6. The van der Waals surface area contributed by atoms with Gasteiger partial charge in [-0.1, -0.05) is 6.07 Å². The summed E-state index contributed by atoms with van der Waals surface area (Å²) in [5, 5.41) is 0. The zero-order valence-corrected chi connectivity index (χ0v) is 13.5. The van der Waals surface area contributed by atoms with Gasteiger partial charge in [0.05, 0.1) is 11.0 Å². The van der Waals surface area contributed by atoms with Gasteiger partial charge in [0.25, 0.3) is 0 Å². The normalized spacial score (nSPS) is 20.0. The molecule has 1 atom stereocenters. The lowest BCUT2D eigenvalue weighted by molar-refractivity contribution is 0.0200. The molecule has 3 N–H and O–H groups in total. The molecular formula is C13H19BrN2O3S. The van der Waals surface area contributed by atoms with Gasteiger partial charge in [-0.25, -0.2) is 13.1 Å². The van der Waals surface area contributed by atoms with E-state index in [0.29, 0.717) is 24.2 Å². The summed E-state index contributed by atoms with van der Waals surface area (Å²) >= 11 is 3.27. The summed E-state index contributed by atoms with van der Waals surface area (Å²) in [6.07, 6.45) is 2.99. The standard InChI is InChI=1S/C13H19BrN2O3S/c14-12-5-4-10(8-15)7-13(12)20(17,18)16-9-11-3-1-2-6-19-11/h4-5,7,11,16H,1-3,6,8-9,15H2. The van der Waals surface area contributed by atoms with E-state index in [1.54, 1.807) is 18.2 Å². The van der Waals surface area contributed by atoms with Gasteiger partial charge in [-0.05, 0) is 52.9 Å². The summed E-state index contributed by atoms with van der Waals surface area (Å²) < 4.78 is 33.3. The Labute approximate surface area is 128 Å². The summed E-state index contributed by atoms with van der Waals surface area (Å²) in [7, 11) is -3.56. The molecular weight excluding hydrogens is 344 g/mol. The molecule has 1 aromatic rings. The predicted molar refractivity (Wildman–Crippen MR) is 80.8 cm³/mol. The third kappa shape index (κ3) is 4.02. The van der Waals surface area contributed by atoms with Crippen LogP contribution in [0.3, 0.4) is 0 Å². The molecule has 20 heavy (non-hydrogen) atoms. The van der Waals surface area contributed by atoms with Gasteiger partial charge in [-0.3, -0.25) is 0 Å². The van der Waals surface area contributed by atoms with Crippen LogP contribution in [-0.4, -0.2) is 27.7 Å². The molecule has 1 unspecified atom stereocenters. The van der Waals surface area contributed by atoms with Gasteiger partial charge in [0.1, 0.15) is 0 Å². The average molecular weight is 363 g/mol. The van der Waals surface area contributed by atoms with Gasteiger partial charge < -0.3 is 10.5 Å². The van der Waals surface area contributed by atoms with Gasteiger partial charge >= 0.3 is 0 Å². The van der Waals surface area contributed by atoms with Crippen LogP contribution in [0.5, 0.6) is 0 Å². The molecule has 0 saturated carbocycles. The van der Waals surface area contributed by atoms with E-state index in [0.717, 1.165) is 24.8 Å². The molecule has 0 spiro atoms. The fraction of sp³-hybridized carbons (Fsp3) is 0.538. The lowest BCUT2D eigenvalue weighted by Gasteiger charge is -2.22. The minimum atomic E-state index is -3.56. The van der Waals surface area contributed by atoms with Crippen LogP contribution in [0.25, 0.3) is 0 Å². The number of ether oxygens (including phenoxy) is 1. The van der Waals surface area contributed by atoms with Crippen molar-refractivity contribution in [2.24, 2.45) is 5.73 Å². The largest absolute Gasteiger partial charge is 0.377 e. The molecule has 2 rings (SSSR count). The number of halogens is 1. The van der Waals surface area contributed by atoms with Crippen LogP contribution in [0.1, 0.15) is 24.8 Å². The lowest BCUT2D eigenvalue weighted by Crippen LogP contribution is -2.35. The Morgan fingerprint density at radius 3 is 2.85 bits per heavy atom. The van der Waals surface area contributed by atoms with Crippen LogP contribution >= 0.6 is 15.9 Å². The maximum atomic E-state index is 12.3. The molecule has 0 amide bonds. The van der Waals surface area contributed by atoms with Gasteiger partial charge in [-0.2, -0.15) is 0 Å². The minimum absolute atomic E-state index is 0.0324. The van der Waals surface area contributed by atoms with Crippen molar-refractivity contribution in [1.29, 1.82) is 0 Å². The first-order valence-electron chi connectivity index (χ1n) is 6.62. The number of nitrogens with two attached hydrogens (primary N) is 1. The minimum Gasteiger partial charge on any atom is -0.377 e. The van der Waals surface area contributed by atoms with Crippen molar-refractivity contribution >= 4 is 26.0 Å². The fourth-order valence-corrected chi connectivity index (χ4v) is 4.21. The molecule has 1 aromatic carbocycles. The molecule has 0 bridgehead atoms. The van der Waals surface area contributed by atoms with Crippen LogP contribution in [0, 0.1) is 0 Å². The van der Waals surface area contributed by atoms with E-state index in [1.807, 2.05) is 0 Å². The van der Waals surface area contributed by atoms with Gasteiger partial charge in [0.15, 0.2) is 0 Å². The number of rotatable bonds is 5. The molecule has 0 radical (unpaired) electrons. The third-order valence-corrected chi connectivity index (χ3v) is 5.71. The smallest absolute Gasteiger partial charge is 0.241 e. The monoisotopic (exact) mass is 362 g/mol. The van der Waals surface area contributed by atoms with Crippen LogP contribution in [0.15, 0.2) is 27.6 Å². The zero-order valence-electron chi connectivity index (χ0n) is 11.1. The molecule has 1 fully saturated rings. The predicted octanol–water partition coefficient (Wildman–Crippen LogP) is 1.76. The molecule has 7 heteroatoms. The van der Waals surface area contributed by atoms with Gasteiger partial charge in [-0.15, -0.1) is 0 Å². The average Bonchev–Trinajstić information content (AvgIpc) is 2.47. The molecule has 1 heterocycles. The molecule has 1 saturated heterocycles. The Morgan fingerprint density at radius 2 is 2.20 bits per heavy atom. The highest BCUT2D eigenvalue weighted by atomic mass is 79.9. The Bertz CT molecular complexity index is 557. The first kappa shape index (κ1) is 15.9. The van der Waals surface area contributed by atoms with Crippen molar-refractivity contribution < 1.29 is 13.2 Å². The van der Waals surface area contributed by atoms with Crippen LogP contribution in [0.4, 0.5) is 0 Å². The molecule has 0 aliphatic carbocycles. The molecule has 1 aliphatic heterocycles. The quantitative estimate of drug-likeness (QED) is 0.835. The summed E-state index contributed by atoms with van der Waals surface area (Å²) in [5.41, 5.74) is 6.33. The maximum Gasteiger partial charge on any atom is 0.241 e. The number of sulfonamides is 1. The summed E-state index contributed by atoms with van der Waals surface area (Å²) in [6, 6.07) is 5.09. The summed E-state index contributed by atoms with van der Waals surface area (Å²) in [5.74, 6) is 0. The van der Waals surface area contributed by atoms with Gasteiger partial charge in [0.2, 0.25) is 10.0 Å². The van der Waals surface area contributed by atoms with Crippen LogP contribution in [0.2, 0.25) is 0 Å². The Balaban J connectivity index is 2.09. The van der Waals surface area contributed by atoms with E-state index in [9.17, 15) is 8.42 Å². The molecule has 0 aromatic heterocycles. The fourth-order valence-electron chi connectivity index (χ4n) is 2.13. The third-order valence-electron chi connectivity index (χ3n) is 3.30. The Kier molecular flexibility index (Phi) is 5.57. The van der Waals surface area contributed by atoms with E-state index >= 15 is 0 Å². The first-order valence-corrected chi connectivity index (χ1v) is 8.90. The van der Waals surface area contributed by atoms with E-state index in [1.165, 1.54) is 0 Å². The van der Waals surface area contributed by atoms with Crippen molar-refractivity contribution in [2.75, 3.05) is 13.2 Å². The SMILES string of the molecule is NCc1ccc(Br)c(S(=O)(=O)NCC2CCCCO2)c1. The second kappa shape index (κ2) is 7.00. The van der Waals surface area contributed by atoms with Crippen LogP contribution in [-0.2, 0) is 21.3 Å².